The number of hydrogen-bond acceptors (Lipinski definition) is 5. The highest BCUT2D eigenvalue weighted by Crippen LogP contribution is 2.23. The van der Waals surface area contributed by atoms with Crippen LogP contribution in [0.3, 0.4) is 0 Å². The standard InChI is InChI=1S/C20H15N5O3/c26-19(22-23-20(27)17-9-5-11-28-17)16-13-25(15-7-2-1-3-8-15)24-18(16)14-6-4-10-21-12-14/h1-13H,(H,22,26)(H,23,27). The molecule has 0 fully saturated rings. The summed E-state index contributed by atoms with van der Waals surface area (Å²) in [4.78, 5) is 28.8. The van der Waals surface area contributed by atoms with E-state index in [4.69, 9.17) is 4.42 Å². The molecule has 0 aliphatic carbocycles. The second-order valence-corrected chi connectivity index (χ2v) is 5.80. The van der Waals surface area contributed by atoms with Crippen LogP contribution in [-0.4, -0.2) is 26.6 Å². The maximum absolute atomic E-state index is 12.7. The number of furan rings is 1. The van der Waals surface area contributed by atoms with Crippen molar-refractivity contribution in [3.05, 3.63) is 90.8 Å². The summed E-state index contributed by atoms with van der Waals surface area (Å²) in [5.74, 6) is -0.981. The Morgan fingerprint density at radius 1 is 0.929 bits per heavy atom. The second kappa shape index (κ2) is 7.58. The molecule has 0 atom stereocenters. The Kier molecular flexibility index (Phi) is 4.67. The van der Waals surface area contributed by atoms with Gasteiger partial charge in [0, 0.05) is 24.2 Å². The fourth-order valence-corrected chi connectivity index (χ4v) is 2.62. The monoisotopic (exact) mass is 373 g/mol. The van der Waals surface area contributed by atoms with E-state index in [9.17, 15) is 9.59 Å². The molecule has 0 aliphatic heterocycles. The lowest BCUT2D eigenvalue weighted by molar-refractivity contribution is 0.0831. The molecule has 138 valence electrons. The van der Waals surface area contributed by atoms with Crippen LogP contribution in [0.2, 0.25) is 0 Å². The summed E-state index contributed by atoms with van der Waals surface area (Å²) in [6, 6.07) is 16.1. The van der Waals surface area contributed by atoms with Crippen molar-refractivity contribution in [2.75, 3.05) is 0 Å². The summed E-state index contributed by atoms with van der Waals surface area (Å²) >= 11 is 0. The molecule has 0 saturated heterocycles. The maximum atomic E-state index is 12.7. The summed E-state index contributed by atoms with van der Waals surface area (Å²) in [6.45, 7) is 0. The Morgan fingerprint density at radius 3 is 2.46 bits per heavy atom. The van der Waals surface area contributed by atoms with Gasteiger partial charge >= 0.3 is 5.91 Å². The molecule has 8 nitrogen and oxygen atoms in total. The van der Waals surface area contributed by atoms with Crippen molar-refractivity contribution >= 4 is 11.8 Å². The molecule has 0 spiro atoms. The number of aromatic nitrogens is 3. The topological polar surface area (TPSA) is 102 Å². The first kappa shape index (κ1) is 17.2. The highest BCUT2D eigenvalue weighted by Gasteiger charge is 2.20. The van der Waals surface area contributed by atoms with Gasteiger partial charge in [-0.05, 0) is 36.4 Å². The molecular formula is C20H15N5O3. The third-order valence-corrected chi connectivity index (χ3v) is 3.95. The lowest BCUT2D eigenvalue weighted by Crippen LogP contribution is -2.41. The van der Waals surface area contributed by atoms with Gasteiger partial charge in [0.25, 0.3) is 5.91 Å². The minimum atomic E-state index is -0.559. The van der Waals surface area contributed by atoms with E-state index in [0.717, 1.165) is 5.69 Å². The van der Waals surface area contributed by atoms with Crippen molar-refractivity contribution in [1.29, 1.82) is 0 Å². The Balaban J connectivity index is 1.63. The van der Waals surface area contributed by atoms with Crippen LogP contribution in [0.5, 0.6) is 0 Å². The van der Waals surface area contributed by atoms with E-state index in [1.54, 1.807) is 35.4 Å². The van der Waals surface area contributed by atoms with Gasteiger partial charge in [-0.25, -0.2) is 4.68 Å². The predicted molar refractivity (Wildman–Crippen MR) is 100 cm³/mol. The average molecular weight is 373 g/mol. The molecule has 8 heteroatoms. The molecule has 0 radical (unpaired) electrons. The van der Waals surface area contributed by atoms with Crippen molar-refractivity contribution in [2.45, 2.75) is 0 Å². The van der Waals surface area contributed by atoms with Crippen LogP contribution in [0.4, 0.5) is 0 Å². The van der Waals surface area contributed by atoms with E-state index >= 15 is 0 Å². The van der Waals surface area contributed by atoms with Crippen LogP contribution in [0, 0.1) is 0 Å². The number of nitrogens with zero attached hydrogens (tertiary/aromatic N) is 3. The zero-order valence-corrected chi connectivity index (χ0v) is 14.6. The van der Waals surface area contributed by atoms with Crippen LogP contribution in [0.1, 0.15) is 20.9 Å². The van der Waals surface area contributed by atoms with E-state index in [0.29, 0.717) is 11.3 Å². The summed E-state index contributed by atoms with van der Waals surface area (Å²) in [6.07, 6.45) is 6.24. The summed E-state index contributed by atoms with van der Waals surface area (Å²) in [5, 5.41) is 4.53. The molecule has 0 saturated carbocycles. The molecule has 28 heavy (non-hydrogen) atoms. The van der Waals surface area contributed by atoms with Crippen molar-refractivity contribution in [1.82, 2.24) is 25.6 Å². The summed E-state index contributed by atoms with van der Waals surface area (Å²) in [7, 11) is 0. The molecule has 4 aromatic rings. The number of amides is 2. The van der Waals surface area contributed by atoms with Gasteiger partial charge in [0.1, 0.15) is 5.69 Å². The minimum absolute atomic E-state index is 0.0905. The third kappa shape index (κ3) is 3.51. The smallest absolute Gasteiger partial charge is 0.305 e. The van der Waals surface area contributed by atoms with E-state index in [1.165, 1.54) is 12.3 Å². The normalized spacial score (nSPS) is 10.4. The Morgan fingerprint density at radius 2 is 1.75 bits per heavy atom. The molecule has 2 N–H and O–H groups in total. The maximum Gasteiger partial charge on any atom is 0.305 e. The van der Waals surface area contributed by atoms with Crippen LogP contribution in [-0.2, 0) is 0 Å². The molecule has 0 unspecified atom stereocenters. The van der Waals surface area contributed by atoms with Gasteiger partial charge in [0.05, 0.1) is 17.5 Å². The van der Waals surface area contributed by atoms with Crippen molar-refractivity contribution in [2.24, 2.45) is 0 Å². The van der Waals surface area contributed by atoms with Crippen LogP contribution in [0.15, 0.2) is 83.9 Å². The zero-order chi connectivity index (χ0) is 19.3. The number of benzene rings is 1. The summed E-state index contributed by atoms with van der Waals surface area (Å²) in [5.41, 5.74) is 6.93. The fraction of sp³-hybridized carbons (Fsp3) is 0. The molecule has 3 aromatic heterocycles. The van der Waals surface area contributed by atoms with Gasteiger partial charge < -0.3 is 4.42 Å². The largest absolute Gasteiger partial charge is 0.459 e. The third-order valence-electron chi connectivity index (χ3n) is 3.95. The number of pyridine rings is 1. The van der Waals surface area contributed by atoms with E-state index in [2.05, 4.69) is 20.9 Å². The van der Waals surface area contributed by atoms with Gasteiger partial charge in [-0.1, -0.05) is 18.2 Å². The second-order valence-electron chi connectivity index (χ2n) is 5.80. The average Bonchev–Trinajstić information content (AvgIpc) is 3.43. The van der Waals surface area contributed by atoms with Gasteiger partial charge in [0.15, 0.2) is 5.76 Å². The highest BCUT2D eigenvalue weighted by atomic mass is 16.3. The van der Waals surface area contributed by atoms with E-state index in [-0.39, 0.29) is 11.3 Å². The van der Waals surface area contributed by atoms with Gasteiger partial charge in [0.2, 0.25) is 0 Å². The van der Waals surface area contributed by atoms with Crippen LogP contribution < -0.4 is 10.9 Å². The molecule has 0 bridgehead atoms. The van der Waals surface area contributed by atoms with E-state index < -0.39 is 11.8 Å². The van der Waals surface area contributed by atoms with Crippen LogP contribution >= 0.6 is 0 Å². The highest BCUT2D eigenvalue weighted by molar-refractivity contribution is 6.01. The van der Waals surface area contributed by atoms with Gasteiger partial charge in [-0.2, -0.15) is 5.10 Å². The number of nitrogens with one attached hydrogen (secondary N) is 2. The molecular weight excluding hydrogens is 358 g/mol. The number of carbonyl (C=O) groups excluding carboxylic acids is 2. The Labute approximate surface area is 159 Å². The summed E-state index contributed by atoms with van der Waals surface area (Å²) < 4.78 is 6.60. The molecule has 0 aliphatic rings. The first-order valence-corrected chi connectivity index (χ1v) is 8.42. The zero-order valence-electron chi connectivity index (χ0n) is 14.6. The first-order chi connectivity index (χ1) is 13.7. The number of para-hydroxylation sites is 1. The molecule has 3 heterocycles. The SMILES string of the molecule is O=C(NNC(=O)c1cn(-c2ccccc2)nc1-c1cccnc1)c1ccco1. The van der Waals surface area contributed by atoms with Crippen molar-refractivity contribution in [3.8, 4) is 16.9 Å². The van der Waals surface area contributed by atoms with Crippen molar-refractivity contribution in [3.63, 3.8) is 0 Å². The molecule has 1 aromatic carbocycles. The lowest BCUT2D eigenvalue weighted by atomic mass is 10.1. The van der Waals surface area contributed by atoms with Crippen molar-refractivity contribution < 1.29 is 14.0 Å². The predicted octanol–water partition coefficient (Wildman–Crippen LogP) is 2.60. The Bertz CT molecular complexity index is 1090. The number of hydrazine groups is 1. The number of hydrogen-bond donors (Lipinski definition) is 2. The van der Waals surface area contributed by atoms with Gasteiger partial charge in [-0.15, -0.1) is 0 Å². The Hall–Kier alpha value is -4.20. The number of carbonyl (C=O) groups is 2. The molecule has 2 amide bonds. The number of rotatable bonds is 4. The van der Waals surface area contributed by atoms with Gasteiger partial charge in [-0.3, -0.25) is 25.4 Å². The van der Waals surface area contributed by atoms with E-state index in [1.807, 2.05) is 36.4 Å². The van der Waals surface area contributed by atoms with Crippen LogP contribution in [0.25, 0.3) is 16.9 Å². The first-order valence-electron chi connectivity index (χ1n) is 8.42. The lowest BCUT2D eigenvalue weighted by Gasteiger charge is -2.06. The molecule has 4 rings (SSSR count). The fourth-order valence-electron chi connectivity index (χ4n) is 2.62. The minimum Gasteiger partial charge on any atom is -0.459 e. The quantitative estimate of drug-likeness (QED) is 0.536.